The van der Waals surface area contributed by atoms with E-state index >= 15 is 0 Å². The number of anilines is 1. The summed E-state index contributed by atoms with van der Waals surface area (Å²) >= 11 is 0. The van der Waals surface area contributed by atoms with Crippen molar-refractivity contribution in [1.29, 1.82) is 0 Å². The Morgan fingerprint density at radius 3 is 2.50 bits per heavy atom. The van der Waals surface area contributed by atoms with E-state index in [0.717, 1.165) is 35.6 Å². The number of nitrogens with one attached hydrogen (secondary N) is 1. The third-order valence-electron chi connectivity index (χ3n) is 5.78. The van der Waals surface area contributed by atoms with Crippen LogP contribution in [0.25, 0.3) is 5.69 Å². The van der Waals surface area contributed by atoms with Crippen LogP contribution in [0.15, 0.2) is 64.4 Å². The number of aliphatic imine (C=N–C) groups is 1. The zero-order valence-corrected chi connectivity index (χ0v) is 16.9. The van der Waals surface area contributed by atoms with E-state index in [-0.39, 0.29) is 11.1 Å². The van der Waals surface area contributed by atoms with E-state index in [1.165, 1.54) is 5.56 Å². The molecule has 144 valence electrons. The van der Waals surface area contributed by atoms with Crippen molar-refractivity contribution in [2.75, 3.05) is 5.32 Å². The number of aromatic nitrogens is 2. The van der Waals surface area contributed by atoms with Crippen molar-refractivity contribution in [3.8, 4) is 5.69 Å². The van der Waals surface area contributed by atoms with Crippen molar-refractivity contribution >= 4 is 11.5 Å². The van der Waals surface area contributed by atoms with Gasteiger partial charge in [0.15, 0.2) is 0 Å². The summed E-state index contributed by atoms with van der Waals surface area (Å²) in [4.78, 5) is 18.3. The number of hydrogen-bond acceptors (Lipinski definition) is 3. The van der Waals surface area contributed by atoms with E-state index in [0.29, 0.717) is 5.69 Å². The molecule has 0 radical (unpaired) electrons. The van der Waals surface area contributed by atoms with E-state index in [2.05, 4.69) is 37.4 Å². The molecule has 0 saturated carbocycles. The van der Waals surface area contributed by atoms with Gasteiger partial charge >= 0.3 is 0 Å². The standard InChI is InChI=1S/C23H26N4O/c1-5-23(3)15-17-11-9-10-14-19(17)21(25-23)24-20-16(2)26(4)27(22(20)28)18-12-7-6-8-13-18/h6-14H,5,15H2,1-4H3,(H,24,25)/t23-/m0/s1. The molecule has 2 heterocycles. The summed E-state index contributed by atoms with van der Waals surface area (Å²) in [5.41, 5.74) is 4.38. The third-order valence-corrected chi connectivity index (χ3v) is 5.78. The van der Waals surface area contributed by atoms with Gasteiger partial charge in [0.1, 0.15) is 11.5 Å². The predicted molar refractivity (Wildman–Crippen MR) is 115 cm³/mol. The topological polar surface area (TPSA) is 51.3 Å². The Bertz CT molecular complexity index is 1110. The summed E-state index contributed by atoms with van der Waals surface area (Å²) in [6.45, 7) is 6.29. The SMILES string of the molecule is CC[C@@]1(C)Cc2ccccc2C(Nc2c(C)n(C)n(-c3ccccc3)c2=O)=N1. The van der Waals surface area contributed by atoms with Crippen LogP contribution in [0, 0.1) is 6.92 Å². The van der Waals surface area contributed by atoms with Gasteiger partial charge in [0.2, 0.25) is 0 Å². The fraction of sp³-hybridized carbons (Fsp3) is 0.304. The first-order valence-corrected chi connectivity index (χ1v) is 9.73. The molecule has 1 atom stereocenters. The fourth-order valence-corrected chi connectivity index (χ4v) is 3.82. The minimum absolute atomic E-state index is 0.0739. The van der Waals surface area contributed by atoms with Crippen LogP contribution in [0.4, 0.5) is 5.69 Å². The summed E-state index contributed by atoms with van der Waals surface area (Å²) < 4.78 is 3.57. The zero-order valence-electron chi connectivity index (χ0n) is 16.9. The number of para-hydroxylation sites is 1. The number of nitrogens with zero attached hydrogens (tertiary/aromatic N) is 3. The second-order valence-corrected chi connectivity index (χ2v) is 7.71. The molecule has 0 spiro atoms. The largest absolute Gasteiger partial charge is 0.334 e. The van der Waals surface area contributed by atoms with Crippen molar-refractivity contribution in [1.82, 2.24) is 9.36 Å². The van der Waals surface area contributed by atoms with Gasteiger partial charge in [0, 0.05) is 12.6 Å². The summed E-state index contributed by atoms with van der Waals surface area (Å²) in [5, 5.41) is 3.39. The van der Waals surface area contributed by atoms with E-state index in [1.54, 1.807) is 4.68 Å². The zero-order chi connectivity index (χ0) is 19.9. The first-order valence-electron chi connectivity index (χ1n) is 9.73. The second-order valence-electron chi connectivity index (χ2n) is 7.71. The van der Waals surface area contributed by atoms with Gasteiger partial charge < -0.3 is 5.32 Å². The van der Waals surface area contributed by atoms with Gasteiger partial charge in [-0.05, 0) is 44.4 Å². The number of rotatable bonds is 3. The summed E-state index contributed by atoms with van der Waals surface area (Å²) in [6.07, 6.45) is 1.85. The third kappa shape index (κ3) is 2.97. The molecule has 1 N–H and O–H groups in total. The van der Waals surface area contributed by atoms with Crippen LogP contribution >= 0.6 is 0 Å². The molecule has 0 aliphatic carbocycles. The molecule has 28 heavy (non-hydrogen) atoms. The minimum Gasteiger partial charge on any atom is -0.334 e. The lowest BCUT2D eigenvalue weighted by Crippen LogP contribution is -2.35. The van der Waals surface area contributed by atoms with Crippen molar-refractivity contribution in [2.45, 2.75) is 39.2 Å². The van der Waals surface area contributed by atoms with E-state index < -0.39 is 0 Å². The lowest BCUT2D eigenvalue weighted by atomic mass is 9.85. The highest BCUT2D eigenvalue weighted by Gasteiger charge is 2.30. The normalized spacial score (nSPS) is 18.5. The molecule has 0 bridgehead atoms. The molecule has 0 saturated heterocycles. The van der Waals surface area contributed by atoms with Crippen LogP contribution in [0.5, 0.6) is 0 Å². The second kappa shape index (κ2) is 6.82. The summed E-state index contributed by atoms with van der Waals surface area (Å²) in [7, 11) is 1.90. The molecule has 3 aromatic rings. The smallest absolute Gasteiger partial charge is 0.295 e. The molecule has 0 amide bonds. The molecule has 5 nitrogen and oxygen atoms in total. The Morgan fingerprint density at radius 2 is 1.79 bits per heavy atom. The van der Waals surface area contributed by atoms with Crippen molar-refractivity contribution in [3.05, 3.63) is 81.8 Å². The van der Waals surface area contributed by atoms with Crippen LogP contribution in [0.1, 0.15) is 37.1 Å². The quantitative estimate of drug-likeness (QED) is 0.751. The van der Waals surface area contributed by atoms with Gasteiger partial charge in [-0.25, -0.2) is 4.68 Å². The minimum atomic E-state index is -0.169. The molecule has 1 aliphatic heterocycles. The number of amidine groups is 1. The monoisotopic (exact) mass is 374 g/mol. The highest BCUT2D eigenvalue weighted by Crippen LogP contribution is 2.30. The van der Waals surface area contributed by atoms with Gasteiger partial charge in [-0.2, -0.15) is 0 Å². The van der Waals surface area contributed by atoms with Crippen LogP contribution in [-0.2, 0) is 13.5 Å². The van der Waals surface area contributed by atoms with Gasteiger partial charge in [0.25, 0.3) is 5.56 Å². The molecule has 1 aliphatic rings. The van der Waals surface area contributed by atoms with Gasteiger partial charge in [0.05, 0.1) is 16.9 Å². The Hall–Kier alpha value is -3.08. The first-order chi connectivity index (χ1) is 13.4. The molecular formula is C23H26N4O. The Morgan fingerprint density at radius 1 is 1.11 bits per heavy atom. The molecular weight excluding hydrogens is 348 g/mol. The van der Waals surface area contributed by atoms with Crippen LogP contribution in [0.3, 0.4) is 0 Å². The number of fused-ring (bicyclic) bond motifs is 1. The average Bonchev–Trinajstić information content (AvgIpc) is 2.92. The maximum atomic E-state index is 13.3. The lowest BCUT2D eigenvalue weighted by Gasteiger charge is -2.31. The number of benzene rings is 2. The van der Waals surface area contributed by atoms with Crippen LogP contribution in [0.2, 0.25) is 0 Å². The first kappa shape index (κ1) is 18.3. The van der Waals surface area contributed by atoms with Crippen molar-refractivity contribution in [2.24, 2.45) is 12.0 Å². The molecule has 2 aromatic carbocycles. The highest BCUT2D eigenvalue weighted by atomic mass is 16.1. The molecule has 0 unspecified atom stereocenters. The summed E-state index contributed by atoms with van der Waals surface area (Å²) in [5.74, 6) is 0.775. The Balaban J connectivity index is 1.82. The van der Waals surface area contributed by atoms with Crippen LogP contribution < -0.4 is 10.9 Å². The van der Waals surface area contributed by atoms with Gasteiger partial charge in [-0.15, -0.1) is 0 Å². The Kier molecular flexibility index (Phi) is 4.46. The van der Waals surface area contributed by atoms with E-state index in [4.69, 9.17) is 4.99 Å². The van der Waals surface area contributed by atoms with Gasteiger partial charge in [-0.3, -0.25) is 14.5 Å². The maximum Gasteiger partial charge on any atom is 0.295 e. The van der Waals surface area contributed by atoms with Crippen molar-refractivity contribution < 1.29 is 0 Å². The molecule has 1 aromatic heterocycles. The maximum absolute atomic E-state index is 13.3. The van der Waals surface area contributed by atoms with E-state index in [1.807, 2.05) is 55.1 Å². The highest BCUT2D eigenvalue weighted by molar-refractivity contribution is 6.10. The Labute approximate surface area is 165 Å². The molecule has 5 heteroatoms. The van der Waals surface area contributed by atoms with Crippen LogP contribution in [-0.4, -0.2) is 20.7 Å². The summed E-state index contributed by atoms with van der Waals surface area (Å²) in [6, 6.07) is 18.0. The lowest BCUT2D eigenvalue weighted by molar-refractivity contribution is 0.448. The average molecular weight is 374 g/mol. The fourth-order valence-electron chi connectivity index (χ4n) is 3.82. The number of hydrogen-bond donors (Lipinski definition) is 1. The van der Waals surface area contributed by atoms with Gasteiger partial charge in [-0.1, -0.05) is 49.4 Å². The predicted octanol–water partition coefficient (Wildman–Crippen LogP) is 4.07. The molecule has 0 fully saturated rings. The molecule has 4 rings (SSSR count). The van der Waals surface area contributed by atoms with E-state index in [9.17, 15) is 4.79 Å². The van der Waals surface area contributed by atoms with Crippen molar-refractivity contribution in [3.63, 3.8) is 0 Å².